The minimum atomic E-state index is -0.202. The van der Waals surface area contributed by atoms with Crippen LogP contribution in [0.2, 0.25) is 0 Å². The van der Waals surface area contributed by atoms with Gasteiger partial charge in [-0.1, -0.05) is 0 Å². The van der Waals surface area contributed by atoms with Gasteiger partial charge in [0, 0.05) is 12.7 Å². The Morgan fingerprint density at radius 1 is 1.24 bits per heavy atom. The summed E-state index contributed by atoms with van der Waals surface area (Å²) < 4.78 is 5.16. The summed E-state index contributed by atoms with van der Waals surface area (Å²) in [5.41, 5.74) is 3.26. The number of nitrogens with two attached hydrogens (primary N) is 1. The molecule has 0 spiro atoms. The number of hydrogen-bond acceptors (Lipinski definition) is 6. The molecule has 0 aromatic carbocycles. The fourth-order valence-electron chi connectivity index (χ4n) is 1.61. The van der Waals surface area contributed by atoms with Crippen molar-refractivity contribution >= 4 is 11.6 Å². The van der Waals surface area contributed by atoms with E-state index in [1.807, 2.05) is 27.7 Å². The molecule has 6 nitrogen and oxygen atoms in total. The summed E-state index contributed by atoms with van der Waals surface area (Å²) in [5, 5.41) is 3.33. The van der Waals surface area contributed by atoms with Gasteiger partial charge in [-0.3, -0.25) is 0 Å². The van der Waals surface area contributed by atoms with Crippen LogP contribution in [0.5, 0.6) is 0 Å². The SMILES string of the molecule is COCC(C)(C)Nc1nc(C)nc(NN)c1C. The molecule has 1 heterocycles. The third-order valence-electron chi connectivity index (χ3n) is 2.36. The zero-order chi connectivity index (χ0) is 13.1. The topological polar surface area (TPSA) is 85.1 Å². The molecule has 17 heavy (non-hydrogen) atoms. The molecule has 0 unspecified atom stereocenters. The number of rotatable bonds is 5. The maximum absolute atomic E-state index is 5.42. The molecule has 0 aliphatic heterocycles. The van der Waals surface area contributed by atoms with Crippen LogP contribution < -0.4 is 16.6 Å². The molecule has 0 aliphatic carbocycles. The Bertz CT molecular complexity index is 392. The van der Waals surface area contributed by atoms with E-state index in [1.165, 1.54) is 0 Å². The molecule has 0 fully saturated rings. The van der Waals surface area contributed by atoms with E-state index >= 15 is 0 Å². The van der Waals surface area contributed by atoms with E-state index in [9.17, 15) is 0 Å². The Kier molecular flexibility index (Phi) is 4.25. The molecule has 96 valence electrons. The summed E-state index contributed by atoms with van der Waals surface area (Å²) in [6, 6.07) is 0. The van der Waals surface area contributed by atoms with Crippen molar-refractivity contribution in [3.05, 3.63) is 11.4 Å². The van der Waals surface area contributed by atoms with Gasteiger partial charge < -0.3 is 15.5 Å². The van der Waals surface area contributed by atoms with Gasteiger partial charge in [0.15, 0.2) is 0 Å². The van der Waals surface area contributed by atoms with Crippen molar-refractivity contribution in [1.82, 2.24) is 9.97 Å². The molecular weight excluding hydrogens is 218 g/mol. The Morgan fingerprint density at radius 3 is 2.35 bits per heavy atom. The number of aromatic nitrogens is 2. The first kappa shape index (κ1) is 13.7. The summed E-state index contributed by atoms with van der Waals surface area (Å²) in [6.07, 6.45) is 0. The lowest BCUT2D eigenvalue weighted by atomic mass is 10.1. The van der Waals surface area contributed by atoms with Crippen molar-refractivity contribution in [2.75, 3.05) is 24.5 Å². The molecule has 0 radical (unpaired) electrons. The summed E-state index contributed by atoms with van der Waals surface area (Å²) in [5.74, 6) is 7.49. The molecule has 0 saturated heterocycles. The second-order valence-corrected chi connectivity index (χ2v) is 4.68. The molecule has 1 rings (SSSR count). The van der Waals surface area contributed by atoms with Crippen LogP contribution in [0.4, 0.5) is 11.6 Å². The van der Waals surface area contributed by atoms with E-state index in [1.54, 1.807) is 7.11 Å². The minimum Gasteiger partial charge on any atom is -0.382 e. The van der Waals surface area contributed by atoms with Crippen LogP contribution in [0.1, 0.15) is 25.2 Å². The highest BCUT2D eigenvalue weighted by Crippen LogP contribution is 2.22. The summed E-state index contributed by atoms with van der Waals surface area (Å²) >= 11 is 0. The lowest BCUT2D eigenvalue weighted by Crippen LogP contribution is -2.36. The first-order chi connectivity index (χ1) is 7.89. The third-order valence-corrected chi connectivity index (χ3v) is 2.36. The quantitative estimate of drug-likeness (QED) is 0.529. The van der Waals surface area contributed by atoms with Gasteiger partial charge in [-0.2, -0.15) is 0 Å². The standard InChI is InChI=1S/C11H21N5O/c1-7-9(15-11(3,4)6-17-5)13-8(2)14-10(7)16-12/h6,12H2,1-5H3,(H2,13,14,15,16). The second-order valence-electron chi connectivity index (χ2n) is 4.68. The number of hydrogen-bond donors (Lipinski definition) is 3. The zero-order valence-corrected chi connectivity index (χ0v) is 11.1. The number of aryl methyl sites for hydroxylation is 1. The van der Waals surface area contributed by atoms with Crippen molar-refractivity contribution in [3.63, 3.8) is 0 Å². The third kappa shape index (κ3) is 3.54. The fourth-order valence-corrected chi connectivity index (χ4v) is 1.61. The van der Waals surface area contributed by atoms with E-state index in [0.717, 1.165) is 11.4 Å². The average Bonchev–Trinajstić information content (AvgIpc) is 2.22. The Balaban J connectivity index is 3.02. The highest BCUT2D eigenvalue weighted by Gasteiger charge is 2.20. The van der Waals surface area contributed by atoms with E-state index in [0.29, 0.717) is 18.2 Å². The fraction of sp³-hybridized carbons (Fsp3) is 0.636. The number of nitrogens with zero attached hydrogens (tertiary/aromatic N) is 2. The van der Waals surface area contributed by atoms with Crippen LogP contribution >= 0.6 is 0 Å². The lowest BCUT2D eigenvalue weighted by molar-refractivity contribution is 0.158. The smallest absolute Gasteiger partial charge is 0.148 e. The Morgan fingerprint density at radius 2 is 1.82 bits per heavy atom. The molecule has 6 heteroatoms. The van der Waals surface area contributed by atoms with Crippen molar-refractivity contribution in [2.24, 2.45) is 5.84 Å². The van der Waals surface area contributed by atoms with Gasteiger partial charge in [0.1, 0.15) is 17.5 Å². The largest absolute Gasteiger partial charge is 0.382 e. The molecule has 0 bridgehead atoms. The predicted molar refractivity (Wildman–Crippen MR) is 68.9 cm³/mol. The van der Waals surface area contributed by atoms with Crippen LogP contribution in [0.15, 0.2) is 0 Å². The summed E-state index contributed by atoms with van der Waals surface area (Å²) in [4.78, 5) is 8.58. The second kappa shape index (κ2) is 5.29. The number of nitrogen functional groups attached to an aromatic ring is 1. The predicted octanol–water partition coefficient (Wildman–Crippen LogP) is 1.22. The van der Waals surface area contributed by atoms with Crippen molar-refractivity contribution in [2.45, 2.75) is 33.2 Å². The number of anilines is 2. The van der Waals surface area contributed by atoms with E-state index < -0.39 is 0 Å². The maximum Gasteiger partial charge on any atom is 0.148 e. The summed E-state index contributed by atoms with van der Waals surface area (Å²) in [7, 11) is 1.67. The highest BCUT2D eigenvalue weighted by atomic mass is 16.5. The van der Waals surface area contributed by atoms with Gasteiger partial charge >= 0.3 is 0 Å². The minimum absolute atomic E-state index is 0.202. The van der Waals surface area contributed by atoms with Crippen LogP contribution in [0.3, 0.4) is 0 Å². The average molecular weight is 239 g/mol. The zero-order valence-electron chi connectivity index (χ0n) is 11.1. The van der Waals surface area contributed by atoms with Gasteiger partial charge in [-0.25, -0.2) is 15.8 Å². The molecule has 1 aromatic rings. The van der Waals surface area contributed by atoms with Gasteiger partial charge in [0.05, 0.1) is 12.1 Å². The van der Waals surface area contributed by atoms with E-state index in [2.05, 4.69) is 20.7 Å². The maximum atomic E-state index is 5.42. The van der Waals surface area contributed by atoms with Crippen molar-refractivity contribution in [1.29, 1.82) is 0 Å². The van der Waals surface area contributed by atoms with Crippen molar-refractivity contribution < 1.29 is 4.74 Å². The van der Waals surface area contributed by atoms with Crippen LogP contribution in [-0.4, -0.2) is 29.2 Å². The van der Waals surface area contributed by atoms with Crippen LogP contribution in [0.25, 0.3) is 0 Å². The van der Waals surface area contributed by atoms with Crippen molar-refractivity contribution in [3.8, 4) is 0 Å². The Labute approximate surface area is 102 Å². The van der Waals surface area contributed by atoms with Gasteiger partial charge in [0.2, 0.25) is 0 Å². The summed E-state index contributed by atoms with van der Waals surface area (Å²) in [6.45, 7) is 8.42. The number of ether oxygens (including phenoxy) is 1. The molecular formula is C11H21N5O. The molecule has 0 atom stereocenters. The number of methoxy groups -OCH3 is 1. The first-order valence-corrected chi connectivity index (χ1v) is 5.48. The van der Waals surface area contributed by atoms with Crippen LogP contribution in [-0.2, 0) is 4.74 Å². The Hall–Kier alpha value is -1.40. The molecule has 0 aliphatic rings. The van der Waals surface area contributed by atoms with E-state index in [-0.39, 0.29) is 5.54 Å². The van der Waals surface area contributed by atoms with Gasteiger partial charge in [-0.15, -0.1) is 0 Å². The molecule has 4 N–H and O–H groups in total. The normalized spacial score (nSPS) is 11.4. The highest BCUT2D eigenvalue weighted by molar-refractivity contribution is 5.57. The molecule has 1 aromatic heterocycles. The first-order valence-electron chi connectivity index (χ1n) is 5.48. The van der Waals surface area contributed by atoms with Crippen LogP contribution in [0, 0.1) is 13.8 Å². The van der Waals surface area contributed by atoms with Gasteiger partial charge in [-0.05, 0) is 27.7 Å². The number of nitrogens with one attached hydrogen (secondary N) is 2. The van der Waals surface area contributed by atoms with E-state index in [4.69, 9.17) is 10.6 Å². The number of hydrazine groups is 1. The van der Waals surface area contributed by atoms with Gasteiger partial charge in [0.25, 0.3) is 0 Å². The molecule has 0 saturated carbocycles. The molecule has 0 amide bonds. The monoisotopic (exact) mass is 239 g/mol. The lowest BCUT2D eigenvalue weighted by Gasteiger charge is -2.27.